The molecule has 1 saturated heterocycles. The van der Waals surface area contributed by atoms with Gasteiger partial charge < -0.3 is 9.15 Å². The summed E-state index contributed by atoms with van der Waals surface area (Å²) in [5, 5.41) is 0.666. The monoisotopic (exact) mass is 446 g/mol. The number of benzene rings is 2. The van der Waals surface area contributed by atoms with Crippen molar-refractivity contribution in [1.82, 2.24) is 4.90 Å². The maximum Gasteiger partial charge on any atom is 0.337 e. The fourth-order valence-corrected chi connectivity index (χ4v) is 4.23. The number of thioether (sulfide) groups is 1. The first-order valence-electron chi connectivity index (χ1n) is 10.2. The van der Waals surface area contributed by atoms with E-state index in [-0.39, 0.29) is 11.9 Å². The summed E-state index contributed by atoms with van der Waals surface area (Å²) in [6, 6.07) is 20.2. The molecule has 6 nitrogen and oxygen atoms in total. The van der Waals surface area contributed by atoms with Crippen LogP contribution in [0.4, 0.5) is 5.69 Å². The zero-order valence-electron chi connectivity index (χ0n) is 17.8. The average molecular weight is 447 g/mol. The smallest absolute Gasteiger partial charge is 0.337 e. The van der Waals surface area contributed by atoms with Crippen LogP contribution in [0.25, 0.3) is 17.4 Å². The zero-order valence-corrected chi connectivity index (χ0v) is 18.6. The summed E-state index contributed by atoms with van der Waals surface area (Å²) in [6.45, 7) is 2.63. The minimum absolute atomic E-state index is 0.0769. The zero-order chi connectivity index (χ0) is 22.5. The van der Waals surface area contributed by atoms with Gasteiger partial charge in [-0.05, 0) is 54.6 Å². The third-order valence-electron chi connectivity index (χ3n) is 4.81. The van der Waals surface area contributed by atoms with E-state index in [0.29, 0.717) is 33.7 Å². The van der Waals surface area contributed by atoms with E-state index in [4.69, 9.17) is 9.15 Å². The van der Waals surface area contributed by atoms with Crippen molar-refractivity contribution in [2.45, 2.75) is 13.3 Å². The minimum Gasteiger partial charge on any atom is -0.465 e. The Balaban J connectivity index is 1.57. The maximum absolute atomic E-state index is 13.0. The number of carbonyl (C=O) groups is 2. The molecule has 1 amide bonds. The molecular formula is C25H22N2O4S. The number of rotatable bonds is 6. The Bertz CT molecular complexity index is 1180. The van der Waals surface area contributed by atoms with Gasteiger partial charge in [0.05, 0.1) is 23.3 Å². The molecule has 0 aliphatic carbocycles. The number of hydrogen-bond donors (Lipinski definition) is 0. The molecule has 0 unspecified atom stereocenters. The Morgan fingerprint density at radius 2 is 1.84 bits per heavy atom. The molecule has 0 radical (unpaired) electrons. The van der Waals surface area contributed by atoms with Gasteiger partial charge in [0.2, 0.25) is 0 Å². The van der Waals surface area contributed by atoms with E-state index >= 15 is 0 Å². The van der Waals surface area contributed by atoms with Crippen molar-refractivity contribution in [1.29, 1.82) is 0 Å². The van der Waals surface area contributed by atoms with Crippen LogP contribution >= 0.6 is 11.8 Å². The van der Waals surface area contributed by atoms with Gasteiger partial charge in [0.1, 0.15) is 11.5 Å². The van der Waals surface area contributed by atoms with E-state index in [1.54, 1.807) is 35.2 Å². The number of hydrogen-bond acceptors (Lipinski definition) is 6. The van der Waals surface area contributed by atoms with Gasteiger partial charge in [-0.3, -0.25) is 9.69 Å². The molecular weight excluding hydrogens is 424 g/mol. The predicted octanol–water partition coefficient (Wildman–Crippen LogP) is 5.75. The summed E-state index contributed by atoms with van der Waals surface area (Å²) in [5.41, 5.74) is 2.10. The van der Waals surface area contributed by atoms with Gasteiger partial charge >= 0.3 is 5.97 Å². The molecule has 0 atom stereocenters. The molecule has 0 saturated carbocycles. The van der Waals surface area contributed by atoms with Gasteiger partial charge in [0.25, 0.3) is 5.91 Å². The van der Waals surface area contributed by atoms with Gasteiger partial charge in [-0.25, -0.2) is 9.79 Å². The van der Waals surface area contributed by atoms with Crippen molar-refractivity contribution in [2.24, 2.45) is 4.99 Å². The second-order valence-electron chi connectivity index (χ2n) is 7.07. The minimum atomic E-state index is -0.386. The summed E-state index contributed by atoms with van der Waals surface area (Å²) in [4.78, 5) is 31.5. The number of methoxy groups -OCH3 is 1. The largest absolute Gasteiger partial charge is 0.465 e. The normalized spacial score (nSPS) is 16.2. The van der Waals surface area contributed by atoms with Crippen LogP contribution in [0, 0.1) is 0 Å². The highest BCUT2D eigenvalue weighted by Crippen LogP contribution is 2.35. The summed E-state index contributed by atoms with van der Waals surface area (Å²) in [6.07, 6.45) is 2.58. The molecule has 32 heavy (non-hydrogen) atoms. The molecule has 162 valence electrons. The maximum atomic E-state index is 13.0. The molecule has 2 heterocycles. The average Bonchev–Trinajstić information content (AvgIpc) is 3.40. The second-order valence-corrected chi connectivity index (χ2v) is 8.08. The number of furan rings is 1. The Morgan fingerprint density at radius 3 is 2.53 bits per heavy atom. The number of ether oxygens (including phenoxy) is 1. The molecule has 1 aliphatic rings. The van der Waals surface area contributed by atoms with Crippen LogP contribution in [0.2, 0.25) is 0 Å². The predicted molar refractivity (Wildman–Crippen MR) is 127 cm³/mol. The molecule has 1 fully saturated rings. The topological polar surface area (TPSA) is 72.1 Å². The number of amides is 1. The number of carbonyl (C=O) groups excluding carboxylic acids is 2. The van der Waals surface area contributed by atoms with E-state index in [9.17, 15) is 9.59 Å². The van der Waals surface area contributed by atoms with Crippen molar-refractivity contribution < 1.29 is 18.7 Å². The lowest BCUT2D eigenvalue weighted by molar-refractivity contribution is -0.122. The molecule has 0 spiro atoms. The van der Waals surface area contributed by atoms with E-state index in [0.717, 1.165) is 17.7 Å². The van der Waals surface area contributed by atoms with Crippen molar-refractivity contribution in [3.63, 3.8) is 0 Å². The van der Waals surface area contributed by atoms with Crippen LogP contribution in [0.15, 0.2) is 81.0 Å². The summed E-state index contributed by atoms with van der Waals surface area (Å²) >= 11 is 1.35. The first-order chi connectivity index (χ1) is 15.6. The third kappa shape index (κ3) is 4.68. The molecule has 1 aromatic heterocycles. The van der Waals surface area contributed by atoms with E-state index in [1.807, 2.05) is 49.4 Å². The van der Waals surface area contributed by atoms with Gasteiger partial charge in [0, 0.05) is 18.2 Å². The highest BCUT2D eigenvalue weighted by Gasteiger charge is 2.33. The summed E-state index contributed by atoms with van der Waals surface area (Å²) in [7, 11) is 1.35. The molecule has 2 aromatic carbocycles. The Kier molecular flexibility index (Phi) is 6.56. The van der Waals surface area contributed by atoms with Crippen molar-refractivity contribution in [3.05, 3.63) is 83.0 Å². The fourth-order valence-electron chi connectivity index (χ4n) is 3.23. The summed E-state index contributed by atoms with van der Waals surface area (Å²) in [5.74, 6) is 0.757. The molecule has 1 aliphatic heterocycles. The van der Waals surface area contributed by atoms with Crippen LogP contribution in [-0.4, -0.2) is 35.6 Å². The Labute approximate surface area is 190 Å². The fraction of sp³-hybridized carbons (Fsp3) is 0.160. The molecule has 3 aromatic rings. The molecule has 0 bridgehead atoms. The number of esters is 1. The van der Waals surface area contributed by atoms with Crippen LogP contribution < -0.4 is 0 Å². The highest BCUT2D eigenvalue weighted by molar-refractivity contribution is 8.18. The van der Waals surface area contributed by atoms with E-state index in [2.05, 4.69) is 4.99 Å². The number of para-hydroxylation sites is 1. The lowest BCUT2D eigenvalue weighted by atomic mass is 10.1. The van der Waals surface area contributed by atoms with Gasteiger partial charge in [0.15, 0.2) is 5.17 Å². The third-order valence-corrected chi connectivity index (χ3v) is 5.81. The van der Waals surface area contributed by atoms with Crippen LogP contribution in [0.1, 0.15) is 29.5 Å². The lowest BCUT2D eigenvalue weighted by Gasteiger charge is -2.13. The van der Waals surface area contributed by atoms with Crippen LogP contribution in [0.5, 0.6) is 0 Å². The van der Waals surface area contributed by atoms with E-state index in [1.165, 1.54) is 18.9 Å². The Morgan fingerprint density at radius 1 is 1.09 bits per heavy atom. The number of nitrogens with zero attached hydrogens (tertiary/aromatic N) is 2. The quantitative estimate of drug-likeness (QED) is 0.356. The first-order valence-corrected chi connectivity index (χ1v) is 11.0. The van der Waals surface area contributed by atoms with Gasteiger partial charge in [-0.2, -0.15) is 0 Å². The van der Waals surface area contributed by atoms with Crippen LogP contribution in [-0.2, 0) is 9.53 Å². The standard InChI is InChI=1S/C25H22N2O4S/c1-3-15-27-23(28)22(32-25(27)26-19-7-5-4-6-8-19)16-20-13-14-21(31-20)17-9-11-18(12-10-17)24(29)30-2/h4-14,16H,3,15H2,1-2H3/b22-16+,26-25?. The number of aliphatic imine (C=N–C) groups is 1. The van der Waals surface area contributed by atoms with E-state index < -0.39 is 0 Å². The SMILES string of the molecule is CCCN1C(=O)/C(=C\c2ccc(-c3ccc(C(=O)OC)cc3)o2)SC1=Nc1ccccc1. The summed E-state index contributed by atoms with van der Waals surface area (Å²) < 4.78 is 10.7. The number of amidine groups is 1. The molecule has 0 N–H and O–H groups in total. The molecule has 7 heteroatoms. The van der Waals surface area contributed by atoms with Gasteiger partial charge in [-0.1, -0.05) is 37.3 Å². The van der Waals surface area contributed by atoms with Gasteiger partial charge in [-0.15, -0.1) is 0 Å². The van der Waals surface area contributed by atoms with Crippen molar-refractivity contribution in [2.75, 3.05) is 13.7 Å². The van der Waals surface area contributed by atoms with Crippen molar-refractivity contribution in [3.8, 4) is 11.3 Å². The van der Waals surface area contributed by atoms with Crippen LogP contribution in [0.3, 0.4) is 0 Å². The Hall–Kier alpha value is -3.58. The molecule has 4 rings (SSSR count). The van der Waals surface area contributed by atoms with Crippen molar-refractivity contribution >= 4 is 40.6 Å². The highest BCUT2D eigenvalue weighted by atomic mass is 32.2. The first kappa shape index (κ1) is 21.6. The lowest BCUT2D eigenvalue weighted by Crippen LogP contribution is -2.29. The second kappa shape index (κ2) is 9.70.